The van der Waals surface area contributed by atoms with Crippen molar-refractivity contribution in [3.63, 3.8) is 0 Å². The summed E-state index contributed by atoms with van der Waals surface area (Å²) in [7, 11) is 0. The van der Waals surface area contributed by atoms with E-state index in [1.165, 1.54) is 12.1 Å². The van der Waals surface area contributed by atoms with Gasteiger partial charge in [-0.15, -0.1) is 0 Å². The van der Waals surface area contributed by atoms with Gasteiger partial charge in [-0.3, -0.25) is 14.7 Å². The van der Waals surface area contributed by atoms with E-state index in [-0.39, 0.29) is 17.8 Å². The number of benzene rings is 1. The summed E-state index contributed by atoms with van der Waals surface area (Å²) in [4.78, 5) is 24.5. The monoisotopic (exact) mass is 445 g/mol. The Morgan fingerprint density at radius 3 is 2.70 bits per heavy atom. The lowest BCUT2D eigenvalue weighted by atomic mass is 10.0. The van der Waals surface area contributed by atoms with E-state index in [1.807, 2.05) is 24.4 Å². The van der Waals surface area contributed by atoms with Crippen LogP contribution in [-0.4, -0.2) is 45.1 Å². The third kappa shape index (κ3) is 4.61. The van der Waals surface area contributed by atoms with E-state index in [9.17, 15) is 9.18 Å². The number of nitrogens with zero attached hydrogens (tertiary/aromatic N) is 4. The first-order valence-corrected chi connectivity index (χ1v) is 11.0. The predicted molar refractivity (Wildman–Crippen MR) is 122 cm³/mol. The Hall–Kier alpha value is -3.65. The Bertz CT molecular complexity index is 1270. The van der Waals surface area contributed by atoms with E-state index < -0.39 is 0 Å². The summed E-state index contributed by atoms with van der Waals surface area (Å²) in [5, 5.41) is 7.78. The standard InChI is InChI=1S/C25H24FN5O2/c1-16-23-21(14-22(29-25(23)33-30-16)17-5-7-18(26)8-6-17)24(32)28-19-9-12-31(13-10-19)15-20-4-2-3-11-27-20/h2-8,11,14,19H,9-10,12-13,15H2,1H3,(H,28,32). The number of rotatable bonds is 5. The molecule has 0 radical (unpaired) electrons. The second-order valence-corrected chi connectivity index (χ2v) is 8.36. The minimum absolute atomic E-state index is 0.0788. The first kappa shape index (κ1) is 21.2. The third-order valence-corrected chi connectivity index (χ3v) is 6.04. The molecule has 1 saturated heterocycles. The second kappa shape index (κ2) is 9.07. The molecule has 4 heterocycles. The summed E-state index contributed by atoms with van der Waals surface area (Å²) < 4.78 is 18.7. The van der Waals surface area contributed by atoms with Gasteiger partial charge < -0.3 is 9.84 Å². The van der Waals surface area contributed by atoms with Crippen LogP contribution in [0.5, 0.6) is 0 Å². The summed E-state index contributed by atoms with van der Waals surface area (Å²) in [5.41, 5.74) is 3.66. The fourth-order valence-corrected chi connectivity index (χ4v) is 4.26. The van der Waals surface area contributed by atoms with E-state index in [2.05, 4.69) is 25.3 Å². The van der Waals surface area contributed by atoms with Crippen LogP contribution >= 0.6 is 0 Å². The molecule has 33 heavy (non-hydrogen) atoms. The number of likely N-dealkylation sites (tertiary alicyclic amines) is 1. The highest BCUT2D eigenvalue weighted by Crippen LogP contribution is 2.27. The van der Waals surface area contributed by atoms with Gasteiger partial charge in [0, 0.05) is 37.4 Å². The molecule has 1 fully saturated rings. The highest BCUT2D eigenvalue weighted by molar-refractivity contribution is 6.07. The van der Waals surface area contributed by atoms with Crippen LogP contribution in [0.2, 0.25) is 0 Å². The van der Waals surface area contributed by atoms with Gasteiger partial charge in [-0.05, 0) is 62.2 Å². The van der Waals surface area contributed by atoms with Gasteiger partial charge in [0.15, 0.2) is 0 Å². The van der Waals surface area contributed by atoms with Crippen LogP contribution in [0.25, 0.3) is 22.4 Å². The van der Waals surface area contributed by atoms with E-state index >= 15 is 0 Å². The Kier molecular flexibility index (Phi) is 5.83. The van der Waals surface area contributed by atoms with Crippen molar-refractivity contribution in [1.29, 1.82) is 0 Å². The number of aromatic nitrogens is 3. The van der Waals surface area contributed by atoms with E-state index in [0.717, 1.165) is 38.2 Å². The number of aryl methyl sites for hydroxylation is 1. The zero-order valence-corrected chi connectivity index (χ0v) is 18.3. The van der Waals surface area contributed by atoms with Crippen molar-refractivity contribution in [3.8, 4) is 11.3 Å². The Morgan fingerprint density at radius 1 is 1.18 bits per heavy atom. The topological polar surface area (TPSA) is 84.1 Å². The second-order valence-electron chi connectivity index (χ2n) is 8.36. The predicted octanol–water partition coefficient (Wildman–Crippen LogP) is 4.13. The molecule has 4 aromatic rings. The quantitative estimate of drug-likeness (QED) is 0.497. The Morgan fingerprint density at radius 2 is 1.97 bits per heavy atom. The van der Waals surface area contributed by atoms with Gasteiger partial charge in [-0.2, -0.15) is 0 Å². The highest BCUT2D eigenvalue weighted by atomic mass is 19.1. The normalized spacial score (nSPS) is 15.1. The number of nitrogens with one attached hydrogen (secondary N) is 1. The molecule has 8 heteroatoms. The zero-order valence-electron chi connectivity index (χ0n) is 18.3. The van der Waals surface area contributed by atoms with Gasteiger partial charge in [-0.1, -0.05) is 11.2 Å². The van der Waals surface area contributed by atoms with Gasteiger partial charge >= 0.3 is 0 Å². The number of carbonyl (C=O) groups excluding carboxylic acids is 1. The van der Waals surface area contributed by atoms with Crippen molar-refractivity contribution < 1.29 is 13.7 Å². The molecule has 3 aromatic heterocycles. The molecule has 0 bridgehead atoms. The summed E-state index contributed by atoms with van der Waals surface area (Å²) in [6.45, 7) is 4.38. The smallest absolute Gasteiger partial charge is 0.259 e. The van der Waals surface area contributed by atoms with Gasteiger partial charge in [0.1, 0.15) is 5.82 Å². The average Bonchev–Trinajstić information content (AvgIpc) is 3.21. The van der Waals surface area contributed by atoms with Gasteiger partial charge in [-0.25, -0.2) is 9.37 Å². The molecule has 168 valence electrons. The van der Waals surface area contributed by atoms with Gasteiger partial charge in [0.05, 0.1) is 28.0 Å². The lowest BCUT2D eigenvalue weighted by Crippen LogP contribution is -2.44. The summed E-state index contributed by atoms with van der Waals surface area (Å²) >= 11 is 0. The fourth-order valence-electron chi connectivity index (χ4n) is 4.26. The van der Waals surface area contributed by atoms with Crippen LogP contribution in [0.15, 0.2) is 59.3 Å². The number of halogens is 1. The average molecular weight is 445 g/mol. The van der Waals surface area contributed by atoms with Crippen molar-refractivity contribution in [2.75, 3.05) is 13.1 Å². The van der Waals surface area contributed by atoms with E-state index in [4.69, 9.17) is 4.52 Å². The third-order valence-electron chi connectivity index (χ3n) is 6.04. The van der Waals surface area contributed by atoms with Crippen molar-refractivity contribution >= 4 is 17.0 Å². The SMILES string of the molecule is Cc1noc2nc(-c3ccc(F)cc3)cc(C(=O)NC3CCN(Cc4ccccn4)CC3)c12. The van der Waals surface area contributed by atoms with Crippen molar-refractivity contribution in [2.24, 2.45) is 0 Å². The van der Waals surface area contributed by atoms with Crippen LogP contribution in [0.1, 0.15) is 34.6 Å². The molecule has 5 rings (SSSR count). The minimum Gasteiger partial charge on any atom is -0.349 e. The molecule has 1 N–H and O–H groups in total. The maximum atomic E-state index is 13.4. The van der Waals surface area contributed by atoms with Crippen molar-refractivity contribution in [1.82, 2.24) is 25.3 Å². The maximum Gasteiger partial charge on any atom is 0.259 e. The number of piperidine rings is 1. The molecule has 0 aliphatic carbocycles. The lowest BCUT2D eigenvalue weighted by molar-refractivity contribution is 0.0910. The van der Waals surface area contributed by atoms with Crippen molar-refractivity contribution in [2.45, 2.75) is 32.4 Å². The number of hydrogen-bond donors (Lipinski definition) is 1. The first-order valence-electron chi connectivity index (χ1n) is 11.0. The minimum atomic E-state index is -0.331. The Balaban J connectivity index is 1.32. The van der Waals surface area contributed by atoms with Crippen LogP contribution in [-0.2, 0) is 6.54 Å². The molecular weight excluding hydrogens is 421 g/mol. The molecule has 1 amide bonds. The lowest BCUT2D eigenvalue weighted by Gasteiger charge is -2.32. The molecule has 1 aliphatic rings. The largest absolute Gasteiger partial charge is 0.349 e. The fraction of sp³-hybridized carbons (Fsp3) is 0.280. The number of hydrogen-bond acceptors (Lipinski definition) is 6. The summed E-state index contributed by atoms with van der Waals surface area (Å²) in [5.74, 6) is -0.511. The summed E-state index contributed by atoms with van der Waals surface area (Å²) in [6.07, 6.45) is 3.53. The molecule has 1 aliphatic heterocycles. The molecule has 0 spiro atoms. The molecule has 0 saturated carbocycles. The molecule has 1 aromatic carbocycles. The molecular formula is C25H24FN5O2. The van der Waals surface area contributed by atoms with E-state index in [1.54, 1.807) is 25.1 Å². The number of fused-ring (bicyclic) bond motifs is 1. The molecule has 0 atom stereocenters. The van der Waals surface area contributed by atoms with Crippen LogP contribution in [0.3, 0.4) is 0 Å². The van der Waals surface area contributed by atoms with Crippen molar-refractivity contribution in [3.05, 3.63) is 77.5 Å². The molecule has 7 nitrogen and oxygen atoms in total. The Labute approximate surface area is 190 Å². The number of amides is 1. The van der Waals surface area contributed by atoms with Gasteiger partial charge in [0.2, 0.25) is 0 Å². The zero-order chi connectivity index (χ0) is 22.8. The maximum absolute atomic E-state index is 13.4. The number of pyridine rings is 2. The first-order chi connectivity index (χ1) is 16.1. The van der Waals surface area contributed by atoms with Crippen LogP contribution in [0.4, 0.5) is 4.39 Å². The highest BCUT2D eigenvalue weighted by Gasteiger charge is 2.24. The summed E-state index contributed by atoms with van der Waals surface area (Å²) in [6, 6.07) is 13.7. The van der Waals surface area contributed by atoms with E-state index in [0.29, 0.717) is 33.6 Å². The molecule has 0 unspecified atom stereocenters. The number of carbonyl (C=O) groups is 1. The van der Waals surface area contributed by atoms with Crippen LogP contribution in [0, 0.1) is 12.7 Å². The van der Waals surface area contributed by atoms with Crippen LogP contribution < -0.4 is 5.32 Å². The van der Waals surface area contributed by atoms with Gasteiger partial charge in [0.25, 0.3) is 11.6 Å².